The number of fused-ring (bicyclic) bond motifs is 2. The van der Waals surface area contributed by atoms with Gasteiger partial charge in [0.25, 0.3) is 0 Å². The summed E-state index contributed by atoms with van der Waals surface area (Å²) in [6.07, 6.45) is 18.2. The Morgan fingerprint density at radius 3 is 1.84 bits per heavy atom. The average molecular weight is 589 g/mol. The van der Waals surface area contributed by atoms with Crippen molar-refractivity contribution in [2.24, 2.45) is 0 Å². The molecule has 0 aromatic heterocycles. The lowest BCUT2D eigenvalue weighted by Gasteiger charge is -2.30. The van der Waals surface area contributed by atoms with E-state index >= 15 is 0 Å². The Morgan fingerprint density at radius 2 is 1.27 bits per heavy atom. The van der Waals surface area contributed by atoms with Crippen LogP contribution in [0.3, 0.4) is 0 Å². The van der Waals surface area contributed by atoms with Crippen LogP contribution >= 0.6 is 0 Å². The molecule has 3 aliphatic rings. The summed E-state index contributed by atoms with van der Waals surface area (Å²) < 4.78 is 0. The van der Waals surface area contributed by atoms with Gasteiger partial charge in [-0.3, -0.25) is 0 Å². The fourth-order valence-corrected chi connectivity index (χ4v) is 8.15. The van der Waals surface area contributed by atoms with Gasteiger partial charge in [0.1, 0.15) is 0 Å². The van der Waals surface area contributed by atoms with E-state index in [4.69, 9.17) is 0 Å². The second-order valence-corrected chi connectivity index (χ2v) is 15.5. The van der Waals surface area contributed by atoms with Crippen molar-refractivity contribution in [1.29, 1.82) is 0 Å². The van der Waals surface area contributed by atoms with E-state index in [2.05, 4.69) is 139 Å². The molecule has 1 fully saturated rings. The van der Waals surface area contributed by atoms with Crippen molar-refractivity contribution < 1.29 is 0 Å². The SMILES string of the molecule is CC(C)(C)c1cc2c(cc1-c1ccccc1)=Cc1c(C3=CC=CC3)c(-c3ccccc3)c(C(C)(C)C)c(=C3CCCCCC3)c1=2. The van der Waals surface area contributed by atoms with E-state index in [1.54, 1.807) is 10.8 Å². The normalized spacial score (nSPS) is 16.2. The lowest BCUT2D eigenvalue weighted by molar-refractivity contribution is 0.585. The summed E-state index contributed by atoms with van der Waals surface area (Å²) in [7, 11) is 0. The smallest absolute Gasteiger partial charge is 0.00234 e. The Hall–Kier alpha value is -3.90. The highest BCUT2D eigenvalue weighted by atomic mass is 14.3. The molecular weight excluding hydrogens is 540 g/mol. The molecule has 4 aromatic rings. The van der Waals surface area contributed by atoms with E-state index < -0.39 is 0 Å². The second-order valence-electron chi connectivity index (χ2n) is 15.5. The van der Waals surface area contributed by atoms with Gasteiger partial charge in [0.2, 0.25) is 0 Å². The first kappa shape index (κ1) is 29.8. The third-order valence-corrected chi connectivity index (χ3v) is 10.2. The van der Waals surface area contributed by atoms with Gasteiger partial charge >= 0.3 is 0 Å². The van der Waals surface area contributed by atoms with Gasteiger partial charge in [0, 0.05) is 0 Å². The van der Waals surface area contributed by atoms with Crippen LogP contribution in [0.25, 0.3) is 39.5 Å². The van der Waals surface area contributed by atoms with Gasteiger partial charge in [-0.05, 0) is 132 Å². The zero-order chi connectivity index (χ0) is 31.3. The molecule has 0 saturated heterocycles. The van der Waals surface area contributed by atoms with E-state index in [9.17, 15) is 0 Å². The molecule has 0 N–H and O–H groups in total. The fraction of sp³-hybridized carbons (Fsp3) is 0.333. The maximum atomic E-state index is 2.58. The van der Waals surface area contributed by atoms with Crippen molar-refractivity contribution in [1.82, 2.24) is 0 Å². The minimum absolute atomic E-state index is 0.0101. The van der Waals surface area contributed by atoms with Crippen LogP contribution in [0.4, 0.5) is 0 Å². The van der Waals surface area contributed by atoms with Crippen molar-refractivity contribution in [2.75, 3.05) is 0 Å². The third kappa shape index (κ3) is 5.37. The molecule has 0 aliphatic heterocycles. The van der Waals surface area contributed by atoms with Gasteiger partial charge in [-0.2, -0.15) is 0 Å². The molecule has 1 saturated carbocycles. The van der Waals surface area contributed by atoms with Crippen molar-refractivity contribution in [3.05, 3.63) is 134 Å². The van der Waals surface area contributed by atoms with Crippen LogP contribution in [0.2, 0.25) is 0 Å². The highest BCUT2D eigenvalue weighted by molar-refractivity contribution is 5.92. The Labute approximate surface area is 270 Å². The van der Waals surface area contributed by atoms with E-state index in [1.807, 2.05) is 0 Å². The molecule has 0 heteroatoms. The molecule has 45 heavy (non-hydrogen) atoms. The van der Waals surface area contributed by atoms with Gasteiger partial charge in [0.15, 0.2) is 0 Å². The van der Waals surface area contributed by atoms with E-state index in [0.29, 0.717) is 0 Å². The summed E-state index contributed by atoms with van der Waals surface area (Å²) >= 11 is 0. The third-order valence-electron chi connectivity index (χ3n) is 10.2. The first-order valence-electron chi connectivity index (χ1n) is 17.2. The molecule has 0 heterocycles. The van der Waals surface area contributed by atoms with Crippen LogP contribution in [0.15, 0.2) is 91.0 Å². The Kier molecular flexibility index (Phi) is 7.60. The van der Waals surface area contributed by atoms with Crippen LogP contribution in [0, 0.1) is 10.4 Å². The molecule has 0 nitrogen and oxygen atoms in total. The minimum atomic E-state index is -0.0320. The molecule has 3 aliphatic carbocycles. The zero-order valence-corrected chi connectivity index (χ0v) is 28.2. The van der Waals surface area contributed by atoms with E-state index in [1.165, 1.54) is 104 Å². The van der Waals surface area contributed by atoms with Gasteiger partial charge in [-0.25, -0.2) is 0 Å². The Morgan fingerprint density at radius 1 is 0.622 bits per heavy atom. The molecule has 0 radical (unpaired) electrons. The number of rotatable bonds is 3. The maximum Gasteiger partial charge on any atom is -0.00234 e. The van der Waals surface area contributed by atoms with Crippen molar-refractivity contribution in [2.45, 2.75) is 97.3 Å². The molecule has 0 unspecified atom stereocenters. The number of allylic oxidation sites excluding steroid dienone is 4. The topological polar surface area (TPSA) is 0 Å². The van der Waals surface area contributed by atoms with E-state index in [0.717, 1.165) is 6.42 Å². The van der Waals surface area contributed by atoms with E-state index in [-0.39, 0.29) is 10.8 Å². The lowest BCUT2D eigenvalue weighted by atomic mass is 9.74. The molecule has 0 atom stereocenters. The predicted octanol–water partition coefficient (Wildman–Crippen LogP) is 10.9. The Bertz CT molecular complexity index is 2040. The van der Waals surface area contributed by atoms with Crippen LogP contribution in [0.1, 0.15) is 109 Å². The second kappa shape index (κ2) is 11.5. The van der Waals surface area contributed by atoms with Gasteiger partial charge in [0.05, 0.1) is 0 Å². The van der Waals surface area contributed by atoms with Crippen LogP contribution in [-0.2, 0) is 10.8 Å². The summed E-state index contributed by atoms with van der Waals surface area (Å²) in [5.41, 5.74) is 14.4. The van der Waals surface area contributed by atoms with Crippen LogP contribution in [0.5, 0.6) is 0 Å². The standard InChI is InChI=1S/C45H48/c1-44(2,3)38-29-36-34(27-35(38)30-19-13-9-14-20-30)28-37-39(31-25-17-18-26-31)40(32-23-15-10-16-24-32)43(45(4,5)6)41(42(36)37)33-21-11-7-8-12-22-33/h9-10,13-20,23-25,27-29H,7-8,11-12,21-22,26H2,1-6H3. The fourth-order valence-electron chi connectivity index (χ4n) is 8.15. The average Bonchev–Trinajstić information content (AvgIpc) is 3.60. The van der Waals surface area contributed by atoms with Crippen molar-refractivity contribution in [3.63, 3.8) is 0 Å². The van der Waals surface area contributed by atoms with Crippen LogP contribution < -0.4 is 10.4 Å². The van der Waals surface area contributed by atoms with Gasteiger partial charge < -0.3 is 0 Å². The molecule has 0 spiro atoms. The summed E-state index contributed by atoms with van der Waals surface area (Å²) in [5.74, 6) is 0. The molecule has 0 amide bonds. The Balaban J connectivity index is 1.77. The van der Waals surface area contributed by atoms with Crippen molar-refractivity contribution in [3.8, 4) is 22.3 Å². The number of hydrogen-bond donors (Lipinski definition) is 0. The molecular formula is C45H48. The number of benzene rings is 4. The summed E-state index contributed by atoms with van der Waals surface area (Å²) in [5, 5.41) is 5.86. The van der Waals surface area contributed by atoms with Gasteiger partial charge in [-0.15, -0.1) is 0 Å². The molecule has 4 aromatic carbocycles. The zero-order valence-electron chi connectivity index (χ0n) is 28.2. The first-order valence-corrected chi connectivity index (χ1v) is 17.2. The summed E-state index contributed by atoms with van der Waals surface area (Å²) in [6, 6.07) is 27.4. The highest BCUT2D eigenvalue weighted by Crippen LogP contribution is 2.43. The molecule has 0 bridgehead atoms. The largest absolute Gasteiger partial charge is 0.0801 e. The number of hydrogen-bond acceptors (Lipinski definition) is 0. The summed E-state index contributed by atoms with van der Waals surface area (Å²) in [6.45, 7) is 14.5. The maximum absolute atomic E-state index is 2.58. The van der Waals surface area contributed by atoms with Gasteiger partial charge in [-0.1, -0.05) is 139 Å². The molecule has 228 valence electrons. The van der Waals surface area contributed by atoms with Crippen molar-refractivity contribution >= 4 is 17.2 Å². The monoisotopic (exact) mass is 588 g/mol. The minimum Gasteiger partial charge on any atom is -0.0801 e. The lowest BCUT2D eigenvalue weighted by Crippen LogP contribution is -2.29. The first-order chi connectivity index (χ1) is 21.6. The quantitative estimate of drug-likeness (QED) is 0.184. The highest BCUT2D eigenvalue weighted by Gasteiger charge is 2.30. The molecule has 7 rings (SSSR count). The van der Waals surface area contributed by atoms with Crippen LogP contribution in [-0.4, -0.2) is 0 Å². The summed E-state index contributed by atoms with van der Waals surface area (Å²) in [4.78, 5) is 0. The predicted molar refractivity (Wildman–Crippen MR) is 194 cm³/mol.